The number of carbonyl (C=O) groups is 2. The lowest BCUT2D eigenvalue weighted by Crippen LogP contribution is -2.46. The minimum atomic E-state index is -0.951. The Morgan fingerprint density at radius 1 is 1.18 bits per heavy atom. The lowest BCUT2D eigenvalue weighted by atomic mass is 9.93. The number of hydrogen-bond donors (Lipinski definition) is 2. The Bertz CT molecular complexity index is 927. The highest BCUT2D eigenvalue weighted by atomic mass is 16.6. The molecule has 0 radical (unpaired) electrons. The number of nitro groups is 1. The van der Waals surface area contributed by atoms with Gasteiger partial charge >= 0.3 is 17.7 Å². The summed E-state index contributed by atoms with van der Waals surface area (Å²) >= 11 is 0. The molecule has 1 aromatic carbocycles. The van der Waals surface area contributed by atoms with Crippen molar-refractivity contribution in [2.75, 3.05) is 13.7 Å². The van der Waals surface area contributed by atoms with Crippen LogP contribution in [0.25, 0.3) is 0 Å². The SMILES string of the molecule is CCCCCCOc1c(OC)cc(C2NC(=O)NC(CCC)=C2C(=O)OC(C)C)cc1[N+](=O)[O-]. The highest BCUT2D eigenvalue weighted by Gasteiger charge is 2.36. The standard InChI is InChI=1S/C24H35N3O7/c1-6-8-9-10-12-33-22-18(27(30)31)13-16(14-19(22)32-5)21-20(23(28)34-15(3)4)17(11-7-2)25-24(29)26-21/h13-15,21H,6-12H2,1-5H3,(H2,25,26,29). The molecule has 2 amide bonds. The van der Waals surface area contributed by atoms with Crippen LogP contribution >= 0.6 is 0 Å². The molecule has 1 atom stereocenters. The molecule has 2 N–H and O–H groups in total. The predicted octanol–water partition coefficient (Wildman–Crippen LogP) is 4.92. The van der Waals surface area contributed by atoms with Gasteiger partial charge in [0, 0.05) is 11.8 Å². The topological polar surface area (TPSA) is 129 Å². The summed E-state index contributed by atoms with van der Waals surface area (Å²) in [7, 11) is 1.39. The molecule has 0 spiro atoms. The van der Waals surface area contributed by atoms with Crippen LogP contribution in [0.15, 0.2) is 23.4 Å². The van der Waals surface area contributed by atoms with E-state index >= 15 is 0 Å². The van der Waals surface area contributed by atoms with Crippen LogP contribution in [0, 0.1) is 10.1 Å². The number of unbranched alkanes of at least 4 members (excludes halogenated alkanes) is 3. The lowest BCUT2D eigenvalue weighted by molar-refractivity contribution is -0.386. The van der Waals surface area contributed by atoms with Crippen molar-refractivity contribution in [1.82, 2.24) is 10.6 Å². The molecule has 10 nitrogen and oxygen atoms in total. The first kappa shape index (κ1) is 26.9. The number of nitrogens with zero attached hydrogens (tertiary/aromatic N) is 1. The van der Waals surface area contributed by atoms with E-state index in [1.165, 1.54) is 13.2 Å². The van der Waals surface area contributed by atoms with Crippen molar-refractivity contribution < 1.29 is 28.7 Å². The molecule has 10 heteroatoms. The van der Waals surface area contributed by atoms with Crippen LogP contribution in [0.3, 0.4) is 0 Å². The second-order valence-electron chi connectivity index (χ2n) is 8.37. The number of benzene rings is 1. The number of amides is 2. The monoisotopic (exact) mass is 477 g/mol. The van der Waals surface area contributed by atoms with Gasteiger partial charge in [-0.05, 0) is 38.3 Å². The Morgan fingerprint density at radius 3 is 2.50 bits per heavy atom. The van der Waals surface area contributed by atoms with E-state index in [0.717, 1.165) is 25.7 Å². The first-order valence-electron chi connectivity index (χ1n) is 11.7. The molecule has 1 unspecified atom stereocenters. The van der Waals surface area contributed by atoms with Gasteiger partial charge in [-0.15, -0.1) is 0 Å². The van der Waals surface area contributed by atoms with Crippen LogP contribution in [0.2, 0.25) is 0 Å². The van der Waals surface area contributed by atoms with E-state index < -0.39 is 23.0 Å². The number of nitro benzene ring substituents is 1. The minimum absolute atomic E-state index is 0.0251. The van der Waals surface area contributed by atoms with Gasteiger partial charge in [-0.1, -0.05) is 39.5 Å². The first-order valence-corrected chi connectivity index (χ1v) is 11.7. The quantitative estimate of drug-likeness (QED) is 0.178. The number of esters is 1. The van der Waals surface area contributed by atoms with Crippen LogP contribution in [0.5, 0.6) is 11.5 Å². The number of nitrogens with one attached hydrogen (secondary N) is 2. The van der Waals surface area contributed by atoms with Gasteiger partial charge in [-0.2, -0.15) is 0 Å². The van der Waals surface area contributed by atoms with Gasteiger partial charge in [0.15, 0.2) is 5.75 Å². The molecule has 1 aliphatic heterocycles. The molecule has 0 fully saturated rings. The van der Waals surface area contributed by atoms with Crippen LogP contribution in [-0.2, 0) is 9.53 Å². The summed E-state index contributed by atoms with van der Waals surface area (Å²) in [4.78, 5) is 36.7. The number of carbonyl (C=O) groups excluding carboxylic acids is 2. The zero-order valence-electron chi connectivity index (χ0n) is 20.6. The molecule has 188 valence electrons. The Balaban J connectivity index is 2.54. The molecular weight excluding hydrogens is 442 g/mol. The van der Waals surface area contributed by atoms with E-state index in [1.807, 2.05) is 6.92 Å². The van der Waals surface area contributed by atoms with E-state index in [4.69, 9.17) is 14.2 Å². The summed E-state index contributed by atoms with van der Waals surface area (Å²) in [6, 6.07) is 1.41. The maximum Gasteiger partial charge on any atom is 0.338 e. The lowest BCUT2D eigenvalue weighted by Gasteiger charge is -2.30. The Hall–Kier alpha value is -3.30. The van der Waals surface area contributed by atoms with Gasteiger partial charge in [0.1, 0.15) is 0 Å². The van der Waals surface area contributed by atoms with Crippen molar-refractivity contribution in [2.24, 2.45) is 0 Å². The number of urea groups is 1. The second-order valence-corrected chi connectivity index (χ2v) is 8.37. The maximum atomic E-state index is 13.0. The van der Waals surface area contributed by atoms with Gasteiger partial charge in [0.05, 0.1) is 36.4 Å². The van der Waals surface area contributed by atoms with Crippen molar-refractivity contribution in [3.63, 3.8) is 0 Å². The highest BCUT2D eigenvalue weighted by Crippen LogP contribution is 2.42. The summed E-state index contributed by atoms with van der Waals surface area (Å²) in [5.41, 5.74) is 0.659. The van der Waals surface area contributed by atoms with E-state index in [2.05, 4.69) is 17.6 Å². The fraction of sp³-hybridized carbons (Fsp3) is 0.583. The zero-order valence-corrected chi connectivity index (χ0v) is 20.6. The molecular formula is C24H35N3O7. The van der Waals surface area contributed by atoms with E-state index in [-0.39, 0.29) is 28.9 Å². The molecule has 1 heterocycles. The van der Waals surface area contributed by atoms with Gasteiger partial charge in [0.25, 0.3) is 0 Å². The minimum Gasteiger partial charge on any atom is -0.493 e. The third-order valence-corrected chi connectivity index (χ3v) is 5.27. The molecule has 0 saturated carbocycles. The average molecular weight is 478 g/mol. The van der Waals surface area contributed by atoms with Crippen molar-refractivity contribution in [2.45, 2.75) is 78.4 Å². The van der Waals surface area contributed by atoms with Crippen molar-refractivity contribution >= 4 is 17.7 Å². The normalized spacial score (nSPS) is 15.6. The Kier molecular flexibility index (Phi) is 10.2. The zero-order chi connectivity index (χ0) is 25.3. The van der Waals surface area contributed by atoms with E-state index in [0.29, 0.717) is 30.7 Å². The summed E-state index contributed by atoms with van der Waals surface area (Å²) in [6.45, 7) is 7.78. The summed E-state index contributed by atoms with van der Waals surface area (Å²) < 4.78 is 16.6. The first-order chi connectivity index (χ1) is 16.2. The third kappa shape index (κ3) is 6.85. The van der Waals surface area contributed by atoms with Crippen LogP contribution in [0.4, 0.5) is 10.5 Å². The number of hydrogen-bond acceptors (Lipinski definition) is 7. The number of allylic oxidation sites excluding steroid dienone is 1. The molecule has 0 aromatic heterocycles. The van der Waals surface area contributed by atoms with Gasteiger partial charge in [0.2, 0.25) is 5.75 Å². The molecule has 0 aliphatic carbocycles. The highest BCUT2D eigenvalue weighted by molar-refractivity contribution is 5.95. The smallest absolute Gasteiger partial charge is 0.338 e. The second kappa shape index (κ2) is 12.8. The number of methoxy groups -OCH3 is 1. The summed E-state index contributed by atoms with van der Waals surface area (Å²) in [6.07, 6.45) is 4.56. The summed E-state index contributed by atoms with van der Waals surface area (Å²) in [5, 5.41) is 17.3. The molecule has 34 heavy (non-hydrogen) atoms. The molecule has 1 aromatic rings. The molecule has 0 bridgehead atoms. The van der Waals surface area contributed by atoms with Crippen LogP contribution in [-0.4, -0.2) is 36.7 Å². The average Bonchev–Trinajstić information content (AvgIpc) is 2.77. The molecule has 0 saturated heterocycles. The fourth-order valence-corrected chi connectivity index (χ4v) is 3.74. The Labute approximate surface area is 200 Å². The molecule has 1 aliphatic rings. The predicted molar refractivity (Wildman–Crippen MR) is 127 cm³/mol. The largest absolute Gasteiger partial charge is 0.493 e. The number of rotatable bonds is 13. The molecule has 2 rings (SSSR count). The van der Waals surface area contributed by atoms with Crippen LogP contribution in [0.1, 0.15) is 77.8 Å². The fourth-order valence-electron chi connectivity index (χ4n) is 3.74. The van der Waals surface area contributed by atoms with Gasteiger partial charge < -0.3 is 24.8 Å². The van der Waals surface area contributed by atoms with Crippen molar-refractivity contribution in [3.05, 3.63) is 39.1 Å². The Morgan fingerprint density at radius 2 is 1.91 bits per heavy atom. The van der Waals surface area contributed by atoms with Crippen molar-refractivity contribution in [3.8, 4) is 11.5 Å². The van der Waals surface area contributed by atoms with Crippen molar-refractivity contribution in [1.29, 1.82) is 0 Å². The van der Waals surface area contributed by atoms with E-state index in [1.54, 1.807) is 19.9 Å². The van der Waals surface area contributed by atoms with E-state index in [9.17, 15) is 19.7 Å². The van der Waals surface area contributed by atoms with Gasteiger partial charge in [-0.25, -0.2) is 9.59 Å². The summed E-state index contributed by atoms with van der Waals surface area (Å²) in [5.74, 6) is -0.424. The number of ether oxygens (including phenoxy) is 3. The third-order valence-electron chi connectivity index (χ3n) is 5.27. The maximum absolute atomic E-state index is 13.0. The van der Waals surface area contributed by atoms with Gasteiger partial charge in [-0.3, -0.25) is 10.1 Å². The van der Waals surface area contributed by atoms with Crippen LogP contribution < -0.4 is 20.1 Å².